The number of rotatable bonds is 5. The monoisotopic (exact) mass is 260 g/mol. The molecule has 19 heavy (non-hydrogen) atoms. The highest BCUT2D eigenvalue weighted by atomic mass is 15.1. The van der Waals surface area contributed by atoms with Crippen molar-refractivity contribution >= 4 is 5.69 Å². The van der Waals surface area contributed by atoms with Gasteiger partial charge in [0.15, 0.2) is 0 Å². The molecule has 1 aliphatic heterocycles. The van der Waals surface area contributed by atoms with E-state index >= 15 is 0 Å². The molecule has 1 aromatic rings. The van der Waals surface area contributed by atoms with Gasteiger partial charge >= 0.3 is 0 Å². The van der Waals surface area contributed by atoms with Gasteiger partial charge in [0.25, 0.3) is 0 Å². The van der Waals surface area contributed by atoms with Crippen LogP contribution in [0.15, 0.2) is 18.2 Å². The van der Waals surface area contributed by atoms with Gasteiger partial charge in [-0.15, -0.1) is 0 Å². The first-order valence-electron chi connectivity index (χ1n) is 7.72. The van der Waals surface area contributed by atoms with Crippen LogP contribution in [0.2, 0.25) is 0 Å². The maximum Gasteiger partial charge on any atom is 0.0425 e. The van der Waals surface area contributed by atoms with Crippen molar-refractivity contribution in [3.63, 3.8) is 0 Å². The van der Waals surface area contributed by atoms with E-state index in [4.69, 9.17) is 0 Å². The Morgan fingerprint density at radius 3 is 2.68 bits per heavy atom. The fraction of sp³-hybridized carbons (Fsp3) is 0.647. The second kappa shape index (κ2) is 6.95. The quantitative estimate of drug-likeness (QED) is 0.873. The molecule has 2 heteroatoms. The smallest absolute Gasteiger partial charge is 0.0425 e. The molecule has 2 rings (SSSR count). The number of hydrogen-bond donors (Lipinski definition) is 1. The average molecular weight is 260 g/mol. The third-order valence-electron chi connectivity index (χ3n) is 4.42. The minimum absolute atomic E-state index is 0.915. The Bertz CT molecular complexity index is 394. The van der Waals surface area contributed by atoms with Crippen molar-refractivity contribution in [1.29, 1.82) is 0 Å². The van der Waals surface area contributed by atoms with Crippen molar-refractivity contribution in [1.82, 2.24) is 5.32 Å². The standard InChI is InChI=1S/C17H28N2/c1-4-16-7-5-6-14(2)17(16)19(3)13-10-15-8-11-18-12-9-15/h5-7,15,18H,4,8-13H2,1-3H3. The summed E-state index contributed by atoms with van der Waals surface area (Å²) >= 11 is 0. The van der Waals surface area contributed by atoms with Gasteiger partial charge in [-0.2, -0.15) is 0 Å². The number of nitrogens with one attached hydrogen (secondary N) is 1. The van der Waals surface area contributed by atoms with Crippen LogP contribution in [0.5, 0.6) is 0 Å². The second-order valence-corrected chi connectivity index (χ2v) is 5.84. The van der Waals surface area contributed by atoms with Crippen molar-refractivity contribution in [3.05, 3.63) is 29.3 Å². The summed E-state index contributed by atoms with van der Waals surface area (Å²) in [7, 11) is 2.25. The van der Waals surface area contributed by atoms with E-state index in [1.807, 2.05) is 0 Å². The second-order valence-electron chi connectivity index (χ2n) is 5.84. The van der Waals surface area contributed by atoms with Crippen LogP contribution in [0.25, 0.3) is 0 Å². The first kappa shape index (κ1) is 14.4. The summed E-state index contributed by atoms with van der Waals surface area (Å²) in [6, 6.07) is 6.68. The van der Waals surface area contributed by atoms with Crippen LogP contribution in [0.1, 0.15) is 37.3 Å². The molecule has 0 unspecified atom stereocenters. The maximum atomic E-state index is 3.45. The Morgan fingerprint density at radius 2 is 2.00 bits per heavy atom. The molecule has 1 N–H and O–H groups in total. The molecular formula is C17H28N2. The van der Waals surface area contributed by atoms with Gasteiger partial charge in [0, 0.05) is 19.3 Å². The van der Waals surface area contributed by atoms with E-state index in [-0.39, 0.29) is 0 Å². The van der Waals surface area contributed by atoms with Crippen molar-refractivity contribution in [2.75, 3.05) is 31.6 Å². The zero-order valence-electron chi connectivity index (χ0n) is 12.7. The van der Waals surface area contributed by atoms with Gasteiger partial charge in [0.2, 0.25) is 0 Å². The maximum absolute atomic E-state index is 3.45. The summed E-state index contributed by atoms with van der Waals surface area (Å²) in [6.07, 6.45) is 5.15. The molecule has 0 atom stereocenters. The number of benzene rings is 1. The third-order valence-corrected chi connectivity index (χ3v) is 4.42. The SMILES string of the molecule is CCc1cccc(C)c1N(C)CCC1CCNCC1. The fourth-order valence-corrected chi connectivity index (χ4v) is 3.21. The number of aryl methyl sites for hydroxylation is 2. The van der Waals surface area contributed by atoms with E-state index in [0.717, 1.165) is 12.3 Å². The Balaban J connectivity index is 1.97. The van der Waals surface area contributed by atoms with Crippen molar-refractivity contribution in [2.24, 2.45) is 5.92 Å². The molecule has 0 spiro atoms. The van der Waals surface area contributed by atoms with Gasteiger partial charge in [-0.3, -0.25) is 0 Å². The summed E-state index contributed by atoms with van der Waals surface area (Å²) in [6.45, 7) is 8.08. The van der Waals surface area contributed by atoms with E-state index < -0.39 is 0 Å². The van der Waals surface area contributed by atoms with Crippen molar-refractivity contribution in [3.8, 4) is 0 Å². The van der Waals surface area contributed by atoms with Crippen molar-refractivity contribution < 1.29 is 0 Å². The first-order valence-corrected chi connectivity index (χ1v) is 7.72. The Kier molecular flexibility index (Phi) is 5.26. The third kappa shape index (κ3) is 3.73. The molecule has 1 saturated heterocycles. The molecule has 0 saturated carbocycles. The predicted octanol–water partition coefficient (Wildman–Crippen LogP) is 3.38. The lowest BCUT2D eigenvalue weighted by molar-refractivity contribution is 0.356. The lowest BCUT2D eigenvalue weighted by atomic mass is 9.94. The van der Waals surface area contributed by atoms with Crippen LogP contribution in [0.3, 0.4) is 0 Å². The molecule has 1 fully saturated rings. The van der Waals surface area contributed by atoms with E-state index in [1.165, 1.54) is 55.7 Å². The number of anilines is 1. The van der Waals surface area contributed by atoms with Gasteiger partial charge in [-0.1, -0.05) is 25.1 Å². The van der Waals surface area contributed by atoms with Crippen LogP contribution in [-0.4, -0.2) is 26.7 Å². The van der Waals surface area contributed by atoms with Gasteiger partial charge in [0.1, 0.15) is 0 Å². The summed E-state index contributed by atoms with van der Waals surface area (Å²) in [4.78, 5) is 2.47. The molecule has 1 heterocycles. The molecule has 0 aromatic heterocycles. The highest BCUT2D eigenvalue weighted by Crippen LogP contribution is 2.26. The van der Waals surface area contributed by atoms with E-state index in [2.05, 4.69) is 49.3 Å². The highest BCUT2D eigenvalue weighted by molar-refractivity contribution is 5.58. The highest BCUT2D eigenvalue weighted by Gasteiger charge is 2.15. The van der Waals surface area contributed by atoms with Gasteiger partial charge in [0.05, 0.1) is 0 Å². The normalized spacial score (nSPS) is 16.6. The molecule has 0 radical (unpaired) electrons. The van der Waals surface area contributed by atoms with Crippen LogP contribution < -0.4 is 10.2 Å². The number of hydrogen-bond acceptors (Lipinski definition) is 2. The zero-order chi connectivity index (χ0) is 13.7. The van der Waals surface area contributed by atoms with Crippen molar-refractivity contribution in [2.45, 2.75) is 39.5 Å². The predicted molar refractivity (Wildman–Crippen MR) is 84.0 cm³/mol. The summed E-state index contributed by atoms with van der Waals surface area (Å²) in [5.74, 6) is 0.915. The van der Waals surface area contributed by atoms with Crippen LogP contribution in [0, 0.1) is 12.8 Å². The minimum Gasteiger partial charge on any atom is -0.374 e. The van der Waals surface area contributed by atoms with Gasteiger partial charge in [-0.25, -0.2) is 0 Å². The van der Waals surface area contributed by atoms with E-state index in [9.17, 15) is 0 Å². The number of piperidine rings is 1. The molecule has 1 aliphatic rings. The molecular weight excluding hydrogens is 232 g/mol. The van der Waals surface area contributed by atoms with Crippen LogP contribution in [0.4, 0.5) is 5.69 Å². The molecule has 106 valence electrons. The fourth-order valence-electron chi connectivity index (χ4n) is 3.21. The summed E-state index contributed by atoms with van der Waals surface area (Å²) in [5.41, 5.74) is 4.35. The first-order chi connectivity index (χ1) is 9.22. The minimum atomic E-state index is 0.915. The number of para-hydroxylation sites is 1. The van der Waals surface area contributed by atoms with E-state index in [1.54, 1.807) is 0 Å². The zero-order valence-corrected chi connectivity index (χ0v) is 12.7. The lowest BCUT2D eigenvalue weighted by Crippen LogP contribution is -2.30. The number of nitrogens with zero attached hydrogens (tertiary/aromatic N) is 1. The van der Waals surface area contributed by atoms with Crippen LogP contribution in [-0.2, 0) is 6.42 Å². The largest absolute Gasteiger partial charge is 0.374 e. The molecule has 0 aliphatic carbocycles. The molecule has 0 bridgehead atoms. The molecule has 1 aromatic carbocycles. The Labute approximate surface area is 118 Å². The lowest BCUT2D eigenvalue weighted by Gasteiger charge is -2.28. The Morgan fingerprint density at radius 1 is 1.26 bits per heavy atom. The average Bonchev–Trinajstić information content (AvgIpc) is 2.45. The van der Waals surface area contributed by atoms with Crippen LogP contribution >= 0.6 is 0 Å². The summed E-state index contributed by atoms with van der Waals surface area (Å²) < 4.78 is 0. The molecule has 0 amide bonds. The van der Waals surface area contributed by atoms with Gasteiger partial charge < -0.3 is 10.2 Å². The summed E-state index contributed by atoms with van der Waals surface area (Å²) in [5, 5.41) is 3.45. The Hall–Kier alpha value is -1.02. The molecule has 2 nitrogen and oxygen atoms in total. The topological polar surface area (TPSA) is 15.3 Å². The van der Waals surface area contributed by atoms with Gasteiger partial charge in [-0.05, 0) is 62.7 Å². The van der Waals surface area contributed by atoms with E-state index in [0.29, 0.717) is 0 Å².